The van der Waals surface area contributed by atoms with Crippen molar-refractivity contribution < 1.29 is 14.3 Å². The Kier molecular flexibility index (Phi) is 6.74. The summed E-state index contributed by atoms with van der Waals surface area (Å²) in [5.41, 5.74) is 5.94. The van der Waals surface area contributed by atoms with Crippen LogP contribution in [0.1, 0.15) is 64.2 Å². The molecule has 6 unspecified atom stereocenters. The summed E-state index contributed by atoms with van der Waals surface area (Å²) in [5.74, 6) is 3.15. The van der Waals surface area contributed by atoms with E-state index in [0.29, 0.717) is 11.8 Å². The largest absolute Gasteiger partial charge is 0.430 e. The molecule has 0 aromatic rings. The Morgan fingerprint density at radius 2 is 1.76 bits per heavy atom. The minimum atomic E-state index is -2.31. The van der Waals surface area contributed by atoms with Gasteiger partial charge in [0, 0.05) is 19.0 Å². The van der Waals surface area contributed by atoms with Crippen LogP contribution in [0.25, 0.3) is 0 Å². The van der Waals surface area contributed by atoms with E-state index in [1.54, 1.807) is 0 Å². The first-order valence-electron chi connectivity index (χ1n) is 12.2. The number of rotatable bonds is 4. The number of hydrogen-bond acceptors (Lipinski definition) is 4. The van der Waals surface area contributed by atoms with Gasteiger partial charge in [0.15, 0.2) is 0 Å². The standard InChI is InChI=1S/C23H42N2O3Si/c1-29(2,27)22-14-20-19(7-4-8-21(20)28-22)23(26)25-11-9-17(10-12-25)18-6-3-5-16(13-18)15-24/h16-22,27H,3-15,24H2,1-2H3. The number of fused-ring (bicyclic) bond motifs is 1. The zero-order valence-electron chi connectivity index (χ0n) is 18.5. The zero-order chi connectivity index (χ0) is 20.6. The molecule has 6 atom stereocenters. The maximum atomic E-state index is 13.4. The summed E-state index contributed by atoms with van der Waals surface area (Å²) in [6.07, 6.45) is 11.9. The van der Waals surface area contributed by atoms with E-state index in [2.05, 4.69) is 4.90 Å². The molecule has 4 aliphatic rings. The number of ether oxygens (including phenoxy) is 1. The molecule has 3 N–H and O–H groups in total. The summed E-state index contributed by atoms with van der Waals surface area (Å²) in [6, 6.07) is 0. The maximum absolute atomic E-state index is 13.4. The van der Waals surface area contributed by atoms with E-state index in [1.165, 1.54) is 38.5 Å². The molecule has 2 aliphatic heterocycles. The van der Waals surface area contributed by atoms with Crippen LogP contribution in [0.15, 0.2) is 0 Å². The molecule has 29 heavy (non-hydrogen) atoms. The molecule has 0 radical (unpaired) electrons. The van der Waals surface area contributed by atoms with Gasteiger partial charge in [0.05, 0.1) is 11.8 Å². The lowest BCUT2D eigenvalue weighted by molar-refractivity contribution is -0.141. The van der Waals surface area contributed by atoms with Crippen molar-refractivity contribution in [2.75, 3.05) is 19.6 Å². The normalized spacial score (nSPS) is 39.4. The minimum absolute atomic E-state index is 0.00145. The van der Waals surface area contributed by atoms with Crippen molar-refractivity contribution in [3.63, 3.8) is 0 Å². The van der Waals surface area contributed by atoms with Crippen LogP contribution in [0.4, 0.5) is 0 Å². The van der Waals surface area contributed by atoms with Crippen molar-refractivity contribution >= 4 is 14.2 Å². The summed E-state index contributed by atoms with van der Waals surface area (Å²) < 4.78 is 6.25. The summed E-state index contributed by atoms with van der Waals surface area (Å²) in [5, 5.41) is 0. The smallest absolute Gasteiger partial charge is 0.226 e. The Labute approximate surface area is 177 Å². The van der Waals surface area contributed by atoms with Gasteiger partial charge in [-0.1, -0.05) is 19.3 Å². The van der Waals surface area contributed by atoms with Crippen LogP contribution >= 0.6 is 0 Å². The maximum Gasteiger partial charge on any atom is 0.226 e. The lowest BCUT2D eigenvalue weighted by Gasteiger charge is -2.41. The highest BCUT2D eigenvalue weighted by Crippen LogP contribution is 2.44. The summed E-state index contributed by atoms with van der Waals surface area (Å²) in [7, 11) is -2.31. The molecule has 2 saturated heterocycles. The van der Waals surface area contributed by atoms with E-state index in [0.717, 1.165) is 63.1 Å². The molecule has 0 aromatic carbocycles. The summed E-state index contributed by atoms with van der Waals surface area (Å²) in [6.45, 7) is 6.65. The number of carbonyl (C=O) groups excluding carboxylic acids is 1. The molecule has 2 aliphatic carbocycles. The average molecular weight is 423 g/mol. The van der Waals surface area contributed by atoms with Crippen LogP contribution in [0.2, 0.25) is 13.1 Å². The van der Waals surface area contributed by atoms with E-state index >= 15 is 0 Å². The molecule has 1 amide bonds. The molecule has 4 rings (SSSR count). The SMILES string of the molecule is C[Si](C)(O)C1CC2C(CCCC2C(=O)N2CCC(C3CCCC(CN)C3)CC2)O1. The Bertz CT molecular complexity index is 573. The number of nitrogens with two attached hydrogens (primary N) is 1. The minimum Gasteiger partial charge on any atom is -0.430 e. The van der Waals surface area contributed by atoms with Crippen molar-refractivity contribution in [3.05, 3.63) is 0 Å². The van der Waals surface area contributed by atoms with Crippen molar-refractivity contribution in [1.29, 1.82) is 0 Å². The van der Waals surface area contributed by atoms with E-state index in [-0.39, 0.29) is 17.7 Å². The van der Waals surface area contributed by atoms with Crippen LogP contribution in [-0.2, 0) is 9.53 Å². The van der Waals surface area contributed by atoms with Crippen LogP contribution in [0.5, 0.6) is 0 Å². The molecule has 4 fully saturated rings. The van der Waals surface area contributed by atoms with Gasteiger partial charge in [0.25, 0.3) is 0 Å². The predicted octanol–water partition coefficient (Wildman–Crippen LogP) is 3.30. The lowest BCUT2D eigenvalue weighted by atomic mass is 9.71. The molecular weight excluding hydrogens is 380 g/mol. The first kappa shape index (κ1) is 21.8. The van der Waals surface area contributed by atoms with E-state index in [9.17, 15) is 9.59 Å². The fourth-order valence-corrected chi connectivity index (χ4v) is 8.14. The third kappa shape index (κ3) is 4.75. The van der Waals surface area contributed by atoms with Gasteiger partial charge >= 0.3 is 0 Å². The zero-order valence-corrected chi connectivity index (χ0v) is 19.5. The van der Waals surface area contributed by atoms with E-state index in [1.807, 2.05) is 13.1 Å². The van der Waals surface area contributed by atoms with Crippen LogP contribution in [0, 0.1) is 29.6 Å². The Morgan fingerprint density at radius 1 is 1.03 bits per heavy atom. The van der Waals surface area contributed by atoms with Gasteiger partial charge in [-0.15, -0.1) is 0 Å². The van der Waals surface area contributed by atoms with Crippen LogP contribution in [-0.4, -0.2) is 55.4 Å². The molecule has 6 heteroatoms. The van der Waals surface area contributed by atoms with E-state index < -0.39 is 8.32 Å². The Morgan fingerprint density at radius 3 is 2.45 bits per heavy atom. The number of likely N-dealkylation sites (tertiary alicyclic amines) is 1. The third-order valence-corrected chi connectivity index (χ3v) is 10.6. The molecule has 0 bridgehead atoms. The highest BCUT2D eigenvalue weighted by Gasteiger charge is 2.50. The van der Waals surface area contributed by atoms with Crippen molar-refractivity contribution in [1.82, 2.24) is 4.90 Å². The van der Waals surface area contributed by atoms with Gasteiger partial charge in [-0.05, 0) is 88.3 Å². The van der Waals surface area contributed by atoms with Gasteiger partial charge in [0.1, 0.15) is 0 Å². The lowest BCUT2D eigenvalue weighted by Crippen LogP contribution is -2.47. The fourth-order valence-electron chi connectivity index (χ4n) is 6.79. The topological polar surface area (TPSA) is 75.8 Å². The second-order valence-corrected chi connectivity index (χ2v) is 14.9. The van der Waals surface area contributed by atoms with Gasteiger partial charge in [-0.2, -0.15) is 0 Å². The predicted molar refractivity (Wildman–Crippen MR) is 118 cm³/mol. The van der Waals surface area contributed by atoms with Gasteiger partial charge < -0.3 is 20.2 Å². The summed E-state index contributed by atoms with van der Waals surface area (Å²) in [4.78, 5) is 26.1. The highest BCUT2D eigenvalue weighted by molar-refractivity contribution is 6.71. The number of amides is 1. The molecule has 0 spiro atoms. The van der Waals surface area contributed by atoms with Gasteiger partial charge in [0.2, 0.25) is 14.2 Å². The third-order valence-electron chi connectivity index (χ3n) is 8.60. The van der Waals surface area contributed by atoms with Crippen LogP contribution in [0.3, 0.4) is 0 Å². The monoisotopic (exact) mass is 422 g/mol. The number of carbonyl (C=O) groups is 1. The van der Waals surface area contributed by atoms with E-state index in [4.69, 9.17) is 10.5 Å². The van der Waals surface area contributed by atoms with Crippen LogP contribution < -0.4 is 5.73 Å². The highest BCUT2D eigenvalue weighted by atomic mass is 28.4. The number of piperidine rings is 1. The number of hydrogen-bond donors (Lipinski definition) is 2. The van der Waals surface area contributed by atoms with Crippen molar-refractivity contribution in [2.24, 2.45) is 35.3 Å². The van der Waals surface area contributed by atoms with Crippen molar-refractivity contribution in [2.45, 2.75) is 89.1 Å². The Balaban J connectivity index is 1.32. The van der Waals surface area contributed by atoms with Crippen molar-refractivity contribution in [3.8, 4) is 0 Å². The molecular formula is C23H42N2O3Si. The molecule has 2 heterocycles. The summed E-state index contributed by atoms with van der Waals surface area (Å²) >= 11 is 0. The van der Waals surface area contributed by atoms with Gasteiger partial charge in [-0.3, -0.25) is 4.79 Å². The fraction of sp³-hybridized carbons (Fsp3) is 0.957. The average Bonchev–Trinajstić information content (AvgIpc) is 3.18. The number of nitrogens with zero attached hydrogens (tertiary/aromatic N) is 1. The molecule has 166 valence electrons. The molecule has 0 aromatic heterocycles. The second kappa shape index (κ2) is 8.97. The first-order valence-corrected chi connectivity index (χ1v) is 15.3. The van der Waals surface area contributed by atoms with Gasteiger partial charge in [-0.25, -0.2) is 0 Å². The quantitative estimate of drug-likeness (QED) is 0.682. The Hall–Kier alpha value is -0.433. The molecule has 2 saturated carbocycles. The molecule has 5 nitrogen and oxygen atoms in total. The second-order valence-electron chi connectivity index (χ2n) is 10.9. The first-order chi connectivity index (χ1) is 13.9.